The van der Waals surface area contributed by atoms with Crippen LogP contribution in [0.15, 0.2) is 0 Å². The first-order valence-electron chi connectivity index (χ1n) is 9.51. The molecule has 0 bridgehead atoms. The van der Waals surface area contributed by atoms with Crippen molar-refractivity contribution in [1.82, 2.24) is 0 Å². The topological polar surface area (TPSA) is 20.2 Å². The summed E-state index contributed by atoms with van der Waals surface area (Å²) < 4.78 is 0. The minimum atomic E-state index is 0.201. The van der Waals surface area contributed by atoms with Gasteiger partial charge < -0.3 is 5.11 Å². The van der Waals surface area contributed by atoms with Crippen LogP contribution in [0.4, 0.5) is 0 Å². The summed E-state index contributed by atoms with van der Waals surface area (Å²) in [4.78, 5) is 0. The summed E-state index contributed by atoms with van der Waals surface area (Å²) in [7, 11) is 0. The van der Waals surface area contributed by atoms with Gasteiger partial charge >= 0.3 is 0 Å². The Hall–Kier alpha value is -0.0400. The lowest BCUT2D eigenvalue weighted by Gasteiger charge is -2.61. The molecule has 122 valence electrons. The van der Waals surface area contributed by atoms with Crippen LogP contribution in [-0.2, 0) is 0 Å². The number of rotatable bonds is 2. The molecule has 1 N–H and O–H groups in total. The lowest BCUT2D eigenvalue weighted by Crippen LogP contribution is -2.54. The first-order valence-corrected chi connectivity index (χ1v) is 9.51. The van der Waals surface area contributed by atoms with Gasteiger partial charge in [0.15, 0.2) is 0 Å². The van der Waals surface area contributed by atoms with Gasteiger partial charge in [-0.25, -0.2) is 0 Å². The molecule has 0 unspecified atom stereocenters. The van der Waals surface area contributed by atoms with Gasteiger partial charge in [0.05, 0.1) is 0 Å². The van der Waals surface area contributed by atoms with Crippen molar-refractivity contribution in [3.63, 3.8) is 0 Å². The van der Waals surface area contributed by atoms with Gasteiger partial charge in [0.2, 0.25) is 0 Å². The van der Waals surface area contributed by atoms with E-state index in [1.54, 1.807) is 0 Å². The Bertz CT molecular complexity index is 376. The predicted molar refractivity (Wildman–Crippen MR) is 89.0 cm³/mol. The average Bonchev–Trinajstić information content (AvgIpc) is 2.46. The van der Waals surface area contributed by atoms with E-state index >= 15 is 0 Å². The van der Waals surface area contributed by atoms with Crippen LogP contribution in [-0.4, -0.2) is 11.7 Å². The van der Waals surface area contributed by atoms with Gasteiger partial charge in [-0.15, -0.1) is 0 Å². The second-order valence-corrected chi connectivity index (χ2v) is 9.49. The predicted octanol–water partition coefficient (Wildman–Crippen LogP) is 5.27. The molecule has 0 heterocycles. The molecular formula is C20H36O. The SMILES string of the molecule is CC(C)[C@H]1CC[C@H]2[C@H](CC[C@H]3[C@](C)(CO)CCC[C@]23C)C1. The number of aliphatic hydroxyl groups excluding tert-OH is 1. The monoisotopic (exact) mass is 292 g/mol. The fourth-order valence-electron chi connectivity index (χ4n) is 6.80. The molecule has 0 aromatic rings. The number of hydrogen-bond donors (Lipinski definition) is 1. The summed E-state index contributed by atoms with van der Waals surface area (Å²) in [6, 6.07) is 0. The van der Waals surface area contributed by atoms with Crippen LogP contribution >= 0.6 is 0 Å². The van der Waals surface area contributed by atoms with Gasteiger partial charge in [-0.05, 0) is 85.4 Å². The Balaban J connectivity index is 1.82. The maximum Gasteiger partial charge on any atom is 0.0487 e. The first kappa shape index (κ1) is 15.8. The average molecular weight is 293 g/mol. The quantitative estimate of drug-likeness (QED) is 0.734. The van der Waals surface area contributed by atoms with E-state index in [0.717, 1.165) is 29.6 Å². The molecule has 0 aromatic carbocycles. The van der Waals surface area contributed by atoms with Crippen LogP contribution in [0, 0.1) is 40.4 Å². The second-order valence-electron chi connectivity index (χ2n) is 9.49. The van der Waals surface area contributed by atoms with Gasteiger partial charge in [-0.3, -0.25) is 0 Å². The van der Waals surface area contributed by atoms with Crippen molar-refractivity contribution in [2.24, 2.45) is 40.4 Å². The van der Waals surface area contributed by atoms with Crippen LogP contribution in [0.2, 0.25) is 0 Å². The maximum absolute atomic E-state index is 10.0. The van der Waals surface area contributed by atoms with E-state index in [9.17, 15) is 5.11 Å². The molecule has 0 spiro atoms. The zero-order valence-electron chi connectivity index (χ0n) is 14.7. The first-order chi connectivity index (χ1) is 9.90. The van der Waals surface area contributed by atoms with Crippen LogP contribution < -0.4 is 0 Å². The van der Waals surface area contributed by atoms with Gasteiger partial charge in [-0.2, -0.15) is 0 Å². The fourth-order valence-corrected chi connectivity index (χ4v) is 6.80. The lowest BCUT2D eigenvalue weighted by molar-refractivity contribution is -0.135. The van der Waals surface area contributed by atoms with Crippen molar-refractivity contribution >= 4 is 0 Å². The molecule has 0 amide bonds. The summed E-state index contributed by atoms with van der Waals surface area (Å²) in [6.45, 7) is 10.2. The normalized spacial score (nSPS) is 50.6. The Morgan fingerprint density at radius 2 is 1.81 bits per heavy atom. The molecular weight excluding hydrogens is 256 g/mol. The summed E-state index contributed by atoms with van der Waals surface area (Å²) in [5.41, 5.74) is 0.716. The lowest BCUT2D eigenvalue weighted by atomic mass is 9.44. The fraction of sp³-hybridized carbons (Fsp3) is 1.00. The number of hydrogen-bond acceptors (Lipinski definition) is 1. The van der Waals surface area contributed by atoms with E-state index in [1.165, 1.54) is 51.4 Å². The highest BCUT2D eigenvalue weighted by atomic mass is 16.3. The van der Waals surface area contributed by atoms with E-state index in [0.29, 0.717) is 12.0 Å². The molecule has 0 saturated heterocycles. The molecule has 21 heavy (non-hydrogen) atoms. The van der Waals surface area contributed by atoms with Crippen LogP contribution in [0.3, 0.4) is 0 Å². The zero-order valence-corrected chi connectivity index (χ0v) is 14.7. The standard InChI is InChI=1S/C20H36O/c1-14(2)15-6-8-17-16(12-15)7-9-18-19(3,13-21)10-5-11-20(17,18)4/h14-18,21H,5-13H2,1-4H3/t15-,16+,17-,18-,19-,20+/m0/s1. The summed E-state index contributed by atoms with van der Waals surface area (Å²) in [6.07, 6.45) is 11.2. The molecule has 3 rings (SSSR count). The maximum atomic E-state index is 10.0. The minimum absolute atomic E-state index is 0.201. The van der Waals surface area contributed by atoms with Gasteiger partial charge in [0.25, 0.3) is 0 Å². The molecule has 0 radical (unpaired) electrons. The van der Waals surface area contributed by atoms with Crippen molar-refractivity contribution in [2.75, 3.05) is 6.61 Å². The van der Waals surface area contributed by atoms with E-state index < -0.39 is 0 Å². The summed E-state index contributed by atoms with van der Waals surface area (Å²) >= 11 is 0. The molecule has 0 aromatic heterocycles. The molecule has 3 saturated carbocycles. The zero-order chi connectivity index (χ0) is 15.3. The molecule has 1 nitrogen and oxygen atoms in total. The van der Waals surface area contributed by atoms with Crippen LogP contribution in [0.5, 0.6) is 0 Å². The second kappa shape index (κ2) is 5.55. The molecule has 3 aliphatic carbocycles. The van der Waals surface area contributed by atoms with Crippen molar-refractivity contribution < 1.29 is 5.11 Å². The summed E-state index contributed by atoms with van der Waals surface area (Å²) in [5.74, 6) is 4.52. The number of fused-ring (bicyclic) bond motifs is 3. The smallest absolute Gasteiger partial charge is 0.0487 e. The number of aliphatic hydroxyl groups is 1. The third kappa shape index (κ3) is 2.48. The molecule has 3 aliphatic rings. The third-order valence-corrected chi connectivity index (χ3v) is 8.10. The molecule has 1 heteroatoms. The van der Waals surface area contributed by atoms with Gasteiger partial charge in [0, 0.05) is 6.61 Å². The van der Waals surface area contributed by atoms with E-state index in [1.807, 2.05) is 0 Å². The highest BCUT2D eigenvalue weighted by molar-refractivity contribution is 5.05. The summed E-state index contributed by atoms with van der Waals surface area (Å²) in [5, 5.41) is 10.0. The van der Waals surface area contributed by atoms with Gasteiger partial charge in [-0.1, -0.05) is 34.1 Å². The highest BCUT2D eigenvalue weighted by Gasteiger charge is 2.56. The molecule has 6 atom stereocenters. The molecule has 3 fully saturated rings. The minimum Gasteiger partial charge on any atom is -0.396 e. The Kier molecular flexibility index (Phi) is 4.19. The Morgan fingerprint density at radius 1 is 1.05 bits per heavy atom. The van der Waals surface area contributed by atoms with E-state index in [4.69, 9.17) is 0 Å². The van der Waals surface area contributed by atoms with Crippen LogP contribution in [0.1, 0.15) is 79.1 Å². The third-order valence-electron chi connectivity index (χ3n) is 8.10. The Morgan fingerprint density at radius 3 is 2.48 bits per heavy atom. The Labute approximate surface area is 131 Å². The van der Waals surface area contributed by atoms with Crippen molar-refractivity contribution in [1.29, 1.82) is 0 Å². The van der Waals surface area contributed by atoms with Crippen molar-refractivity contribution in [3.05, 3.63) is 0 Å². The largest absolute Gasteiger partial charge is 0.396 e. The van der Waals surface area contributed by atoms with Crippen LogP contribution in [0.25, 0.3) is 0 Å². The van der Waals surface area contributed by atoms with Crippen molar-refractivity contribution in [2.45, 2.75) is 79.1 Å². The molecule has 0 aliphatic heterocycles. The highest BCUT2D eigenvalue weighted by Crippen LogP contribution is 2.64. The van der Waals surface area contributed by atoms with Crippen molar-refractivity contribution in [3.8, 4) is 0 Å². The van der Waals surface area contributed by atoms with E-state index in [2.05, 4.69) is 27.7 Å². The van der Waals surface area contributed by atoms with E-state index in [-0.39, 0.29) is 5.41 Å². The van der Waals surface area contributed by atoms with Gasteiger partial charge in [0.1, 0.15) is 0 Å².